The minimum atomic E-state index is -1.17. The van der Waals surface area contributed by atoms with Gasteiger partial charge >= 0.3 is 0 Å². The Morgan fingerprint density at radius 1 is 1.18 bits per heavy atom. The van der Waals surface area contributed by atoms with Crippen LogP contribution < -0.4 is 5.32 Å². The molecule has 0 bridgehead atoms. The fourth-order valence-corrected chi connectivity index (χ4v) is 1.88. The maximum absolute atomic E-state index is 13.3. The summed E-state index contributed by atoms with van der Waals surface area (Å²) < 4.78 is 44.2. The Kier molecular flexibility index (Phi) is 3.89. The quantitative estimate of drug-likeness (QED) is 0.827. The summed E-state index contributed by atoms with van der Waals surface area (Å²) >= 11 is 0. The molecule has 0 spiro atoms. The number of ether oxygens (including phenoxy) is 1. The molecule has 1 aliphatic heterocycles. The number of hydrogen-bond donors (Lipinski definition) is 1. The summed E-state index contributed by atoms with van der Waals surface area (Å²) in [6.07, 6.45) is 1.98. The van der Waals surface area contributed by atoms with E-state index in [2.05, 4.69) is 5.32 Å². The van der Waals surface area contributed by atoms with Gasteiger partial charge in [0.05, 0.1) is 12.3 Å². The van der Waals surface area contributed by atoms with Crippen molar-refractivity contribution in [3.8, 4) is 0 Å². The van der Waals surface area contributed by atoms with E-state index in [0.717, 1.165) is 25.5 Å². The molecule has 1 aromatic carbocycles. The van der Waals surface area contributed by atoms with Gasteiger partial charge in [-0.3, -0.25) is 0 Å². The second kappa shape index (κ2) is 5.40. The Morgan fingerprint density at radius 2 is 1.94 bits per heavy atom. The van der Waals surface area contributed by atoms with E-state index in [1.807, 2.05) is 0 Å². The highest BCUT2D eigenvalue weighted by molar-refractivity contribution is 5.45. The van der Waals surface area contributed by atoms with Gasteiger partial charge in [0, 0.05) is 25.3 Å². The van der Waals surface area contributed by atoms with Gasteiger partial charge in [-0.2, -0.15) is 0 Å². The molecule has 5 heteroatoms. The van der Waals surface area contributed by atoms with E-state index >= 15 is 0 Å². The first kappa shape index (κ1) is 12.2. The number of halogens is 3. The van der Waals surface area contributed by atoms with Crippen LogP contribution >= 0.6 is 0 Å². The summed E-state index contributed by atoms with van der Waals surface area (Å²) in [6, 6.07) is 1.39. The van der Waals surface area contributed by atoms with Crippen molar-refractivity contribution in [1.82, 2.24) is 0 Å². The molecule has 1 aromatic rings. The van der Waals surface area contributed by atoms with Crippen molar-refractivity contribution in [1.29, 1.82) is 0 Å². The van der Waals surface area contributed by atoms with Crippen LogP contribution in [0.25, 0.3) is 0 Å². The minimum Gasteiger partial charge on any atom is -0.382 e. The first-order valence-corrected chi connectivity index (χ1v) is 5.63. The van der Waals surface area contributed by atoms with Gasteiger partial charge in [0.15, 0.2) is 11.6 Å². The molecule has 1 saturated heterocycles. The molecule has 2 rings (SSSR count). The lowest BCUT2D eigenvalue weighted by Gasteiger charge is -2.22. The highest BCUT2D eigenvalue weighted by Gasteiger charge is 2.15. The minimum absolute atomic E-state index is 0.00512. The molecule has 0 amide bonds. The number of nitrogens with one attached hydrogen (secondary N) is 1. The lowest BCUT2D eigenvalue weighted by molar-refractivity contribution is 0.0595. The SMILES string of the molecule is Fc1cc(F)c(NCC2CCCOC2)cc1F. The lowest BCUT2D eigenvalue weighted by Crippen LogP contribution is -2.24. The van der Waals surface area contributed by atoms with Crippen LogP contribution in [0, 0.1) is 23.4 Å². The van der Waals surface area contributed by atoms with E-state index in [1.54, 1.807) is 0 Å². The monoisotopic (exact) mass is 245 g/mol. The fraction of sp³-hybridized carbons (Fsp3) is 0.500. The maximum atomic E-state index is 13.3. The van der Waals surface area contributed by atoms with Crippen LogP contribution in [-0.4, -0.2) is 19.8 Å². The molecule has 17 heavy (non-hydrogen) atoms. The van der Waals surface area contributed by atoms with E-state index in [0.29, 0.717) is 19.2 Å². The van der Waals surface area contributed by atoms with Gasteiger partial charge in [-0.05, 0) is 18.8 Å². The van der Waals surface area contributed by atoms with E-state index in [-0.39, 0.29) is 11.6 Å². The van der Waals surface area contributed by atoms with Crippen LogP contribution in [0.1, 0.15) is 12.8 Å². The Balaban J connectivity index is 1.96. The molecular formula is C12H14F3NO. The van der Waals surface area contributed by atoms with E-state index in [4.69, 9.17) is 4.74 Å². The molecule has 1 heterocycles. The molecule has 0 radical (unpaired) electrons. The van der Waals surface area contributed by atoms with Crippen LogP contribution in [0.15, 0.2) is 12.1 Å². The summed E-state index contributed by atoms with van der Waals surface area (Å²) in [5.74, 6) is -2.71. The number of benzene rings is 1. The van der Waals surface area contributed by atoms with Gasteiger partial charge in [0.25, 0.3) is 0 Å². The Morgan fingerprint density at radius 3 is 2.65 bits per heavy atom. The van der Waals surface area contributed by atoms with Gasteiger partial charge in [-0.25, -0.2) is 13.2 Å². The van der Waals surface area contributed by atoms with Crippen LogP contribution in [0.5, 0.6) is 0 Å². The average molecular weight is 245 g/mol. The standard InChI is InChI=1S/C12H14F3NO/c13-9-4-11(15)12(5-10(9)14)16-6-8-2-1-3-17-7-8/h4-5,8,16H,1-3,6-7H2. The van der Waals surface area contributed by atoms with E-state index < -0.39 is 17.5 Å². The summed E-state index contributed by atoms with van der Waals surface area (Å²) in [5, 5.41) is 2.79. The first-order valence-electron chi connectivity index (χ1n) is 5.63. The second-order valence-electron chi connectivity index (χ2n) is 4.21. The first-order chi connectivity index (χ1) is 8.16. The predicted octanol–water partition coefficient (Wildman–Crippen LogP) is 2.94. The van der Waals surface area contributed by atoms with Crippen LogP contribution in [0.2, 0.25) is 0 Å². The fourth-order valence-electron chi connectivity index (χ4n) is 1.88. The number of anilines is 1. The van der Waals surface area contributed by atoms with Crippen molar-refractivity contribution in [2.45, 2.75) is 12.8 Å². The second-order valence-corrected chi connectivity index (χ2v) is 4.21. The normalized spacial score (nSPS) is 20.3. The van der Waals surface area contributed by atoms with Crippen molar-refractivity contribution >= 4 is 5.69 Å². The summed E-state index contributed by atoms with van der Waals surface area (Å²) in [6.45, 7) is 1.89. The molecule has 1 atom stereocenters. The third-order valence-electron chi connectivity index (χ3n) is 2.85. The molecule has 1 N–H and O–H groups in total. The smallest absolute Gasteiger partial charge is 0.161 e. The average Bonchev–Trinajstić information content (AvgIpc) is 2.33. The zero-order valence-electron chi connectivity index (χ0n) is 9.31. The number of rotatable bonds is 3. The Bertz CT molecular complexity index is 392. The molecule has 1 unspecified atom stereocenters. The highest BCUT2D eigenvalue weighted by atomic mass is 19.2. The summed E-state index contributed by atoms with van der Waals surface area (Å²) in [4.78, 5) is 0. The van der Waals surface area contributed by atoms with Crippen LogP contribution in [-0.2, 0) is 4.74 Å². The van der Waals surface area contributed by atoms with Gasteiger partial charge in [-0.15, -0.1) is 0 Å². The van der Waals surface area contributed by atoms with E-state index in [1.165, 1.54) is 0 Å². The number of hydrogen-bond acceptors (Lipinski definition) is 2. The van der Waals surface area contributed by atoms with Crippen molar-refractivity contribution < 1.29 is 17.9 Å². The molecule has 0 aliphatic carbocycles. The molecule has 0 aromatic heterocycles. The third-order valence-corrected chi connectivity index (χ3v) is 2.85. The molecular weight excluding hydrogens is 231 g/mol. The molecule has 1 fully saturated rings. The molecule has 94 valence electrons. The van der Waals surface area contributed by atoms with Gasteiger partial charge in [0.1, 0.15) is 5.82 Å². The van der Waals surface area contributed by atoms with Gasteiger partial charge in [-0.1, -0.05) is 0 Å². The summed E-state index contributed by atoms with van der Waals surface area (Å²) in [7, 11) is 0. The zero-order chi connectivity index (χ0) is 12.3. The molecule has 1 aliphatic rings. The topological polar surface area (TPSA) is 21.3 Å². The van der Waals surface area contributed by atoms with Crippen LogP contribution in [0.4, 0.5) is 18.9 Å². The zero-order valence-corrected chi connectivity index (χ0v) is 9.31. The largest absolute Gasteiger partial charge is 0.382 e. The predicted molar refractivity (Wildman–Crippen MR) is 58.3 cm³/mol. The van der Waals surface area contributed by atoms with Crippen LogP contribution in [0.3, 0.4) is 0 Å². The van der Waals surface area contributed by atoms with Crippen molar-refractivity contribution in [2.24, 2.45) is 5.92 Å². The molecule has 2 nitrogen and oxygen atoms in total. The van der Waals surface area contributed by atoms with Gasteiger partial charge in [0.2, 0.25) is 0 Å². The Hall–Kier alpha value is -1.23. The Labute approximate surface area is 97.8 Å². The maximum Gasteiger partial charge on any atom is 0.161 e. The van der Waals surface area contributed by atoms with E-state index in [9.17, 15) is 13.2 Å². The van der Waals surface area contributed by atoms with Crippen molar-refractivity contribution in [3.05, 3.63) is 29.6 Å². The molecule has 0 saturated carbocycles. The third kappa shape index (κ3) is 3.12. The van der Waals surface area contributed by atoms with Crippen molar-refractivity contribution in [3.63, 3.8) is 0 Å². The van der Waals surface area contributed by atoms with Crippen molar-refractivity contribution in [2.75, 3.05) is 25.1 Å². The summed E-state index contributed by atoms with van der Waals surface area (Å²) in [5.41, 5.74) is -0.00512. The van der Waals surface area contributed by atoms with Gasteiger partial charge < -0.3 is 10.1 Å². The highest BCUT2D eigenvalue weighted by Crippen LogP contribution is 2.20. The lowest BCUT2D eigenvalue weighted by atomic mass is 10.0.